The number of ether oxygens (including phenoxy) is 1. The molecule has 0 spiro atoms. The van der Waals surface area contributed by atoms with Crippen molar-refractivity contribution in [1.82, 2.24) is 9.13 Å². The van der Waals surface area contributed by atoms with Gasteiger partial charge in [-0.25, -0.2) is 9.18 Å². The Morgan fingerprint density at radius 2 is 2.00 bits per heavy atom. The third-order valence-corrected chi connectivity index (χ3v) is 3.87. The van der Waals surface area contributed by atoms with E-state index >= 15 is 0 Å². The molecule has 0 aliphatic heterocycles. The summed E-state index contributed by atoms with van der Waals surface area (Å²) in [6.45, 7) is 1.71. The molecule has 0 saturated heterocycles. The van der Waals surface area contributed by atoms with Gasteiger partial charge >= 0.3 is 5.97 Å². The van der Waals surface area contributed by atoms with E-state index in [1.165, 1.54) is 12.3 Å². The van der Waals surface area contributed by atoms with E-state index in [9.17, 15) is 19.1 Å². The molecule has 0 aliphatic carbocycles. The fourth-order valence-electron chi connectivity index (χ4n) is 2.74. The van der Waals surface area contributed by atoms with E-state index < -0.39 is 17.2 Å². The minimum Gasteiger partial charge on any atom is -0.462 e. The van der Waals surface area contributed by atoms with Crippen LogP contribution in [0.3, 0.4) is 0 Å². The number of aromatic nitrogens is 2. The van der Waals surface area contributed by atoms with Crippen LogP contribution in [0.2, 0.25) is 0 Å². The number of pyridine rings is 1. The molecular weight excluding hydrogens is 327 g/mol. The Morgan fingerprint density at radius 1 is 1.28 bits per heavy atom. The van der Waals surface area contributed by atoms with Crippen LogP contribution in [0.5, 0.6) is 0 Å². The molecule has 0 aliphatic rings. The summed E-state index contributed by atoms with van der Waals surface area (Å²) in [7, 11) is 0. The number of benzene rings is 1. The molecule has 130 valence electrons. The van der Waals surface area contributed by atoms with E-state index in [1.54, 1.807) is 40.6 Å². The molecule has 0 fully saturated rings. The summed E-state index contributed by atoms with van der Waals surface area (Å²) in [6, 6.07) is 6.16. The zero-order chi connectivity index (χ0) is 18.0. The molecule has 0 radical (unpaired) electrons. The van der Waals surface area contributed by atoms with Gasteiger partial charge in [-0.05, 0) is 31.2 Å². The number of rotatable bonds is 5. The second-order valence-corrected chi connectivity index (χ2v) is 5.42. The SMILES string of the molecule is CCOC(=O)c1cn(CCO)c2cc(-n3cccc3)c(F)cc2c1=O. The van der Waals surface area contributed by atoms with Crippen molar-refractivity contribution in [3.05, 3.63) is 64.5 Å². The maximum absolute atomic E-state index is 14.5. The number of aliphatic hydroxyl groups is 1. The van der Waals surface area contributed by atoms with E-state index in [4.69, 9.17) is 4.74 Å². The van der Waals surface area contributed by atoms with Gasteiger partial charge in [0.05, 0.1) is 24.4 Å². The summed E-state index contributed by atoms with van der Waals surface area (Å²) in [6.07, 6.45) is 4.72. The predicted octanol–water partition coefficient (Wildman–Crippen LogP) is 2.10. The smallest absolute Gasteiger partial charge is 0.343 e. The molecular formula is C18H17FN2O4. The Morgan fingerprint density at radius 3 is 2.64 bits per heavy atom. The van der Waals surface area contributed by atoms with Crippen LogP contribution in [0, 0.1) is 5.82 Å². The minimum atomic E-state index is -0.768. The number of nitrogens with zero attached hydrogens (tertiary/aromatic N) is 2. The van der Waals surface area contributed by atoms with Crippen LogP contribution >= 0.6 is 0 Å². The second-order valence-electron chi connectivity index (χ2n) is 5.42. The van der Waals surface area contributed by atoms with Crippen molar-refractivity contribution in [1.29, 1.82) is 0 Å². The Bertz CT molecular complexity index is 977. The number of hydrogen-bond donors (Lipinski definition) is 1. The van der Waals surface area contributed by atoms with Crippen LogP contribution in [0.4, 0.5) is 4.39 Å². The van der Waals surface area contributed by atoms with Gasteiger partial charge in [0, 0.05) is 30.5 Å². The summed E-state index contributed by atoms with van der Waals surface area (Å²) >= 11 is 0. The lowest BCUT2D eigenvalue weighted by Gasteiger charge is -2.14. The number of carbonyl (C=O) groups excluding carboxylic acids is 1. The first-order valence-electron chi connectivity index (χ1n) is 7.84. The molecule has 0 amide bonds. The van der Waals surface area contributed by atoms with Crippen LogP contribution in [-0.4, -0.2) is 33.4 Å². The van der Waals surface area contributed by atoms with Gasteiger partial charge < -0.3 is 19.0 Å². The third-order valence-electron chi connectivity index (χ3n) is 3.87. The van der Waals surface area contributed by atoms with Crippen molar-refractivity contribution in [2.24, 2.45) is 0 Å². The molecule has 0 saturated carbocycles. The molecule has 2 heterocycles. The molecule has 0 bridgehead atoms. The minimum absolute atomic E-state index is 0.0624. The number of esters is 1. The Balaban J connectivity index is 2.30. The molecule has 7 heteroatoms. The van der Waals surface area contributed by atoms with E-state index in [-0.39, 0.29) is 36.4 Å². The maximum atomic E-state index is 14.5. The lowest BCUT2D eigenvalue weighted by molar-refractivity contribution is 0.0524. The molecule has 3 aromatic rings. The van der Waals surface area contributed by atoms with Gasteiger partial charge in [0.25, 0.3) is 0 Å². The summed E-state index contributed by atoms with van der Waals surface area (Å²) in [5.41, 5.74) is -0.0822. The fraction of sp³-hybridized carbons (Fsp3) is 0.222. The summed E-state index contributed by atoms with van der Waals surface area (Å²) in [5, 5.41) is 9.36. The summed E-state index contributed by atoms with van der Waals surface area (Å²) < 4.78 is 22.6. The zero-order valence-corrected chi connectivity index (χ0v) is 13.6. The molecule has 6 nitrogen and oxygen atoms in total. The fourth-order valence-corrected chi connectivity index (χ4v) is 2.74. The van der Waals surface area contributed by atoms with Gasteiger partial charge in [-0.15, -0.1) is 0 Å². The van der Waals surface area contributed by atoms with E-state index in [2.05, 4.69) is 0 Å². The number of fused-ring (bicyclic) bond motifs is 1. The molecule has 0 atom stereocenters. The molecule has 0 unspecified atom stereocenters. The lowest BCUT2D eigenvalue weighted by atomic mass is 10.1. The number of carbonyl (C=O) groups is 1. The average molecular weight is 344 g/mol. The summed E-state index contributed by atoms with van der Waals surface area (Å²) in [5.74, 6) is -1.35. The predicted molar refractivity (Wildman–Crippen MR) is 90.5 cm³/mol. The zero-order valence-electron chi connectivity index (χ0n) is 13.6. The van der Waals surface area contributed by atoms with Crippen molar-refractivity contribution in [2.45, 2.75) is 13.5 Å². The van der Waals surface area contributed by atoms with Crippen LogP contribution in [0.25, 0.3) is 16.6 Å². The monoisotopic (exact) mass is 344 g/mol. The topological polar surface area (TPSA) is 73.5 Å². The van der Waals surface area contributed by atoms with Gasteiger partial charge in [0.1, 0.15) is 11.4 Å². The van der Waals surface area contributed by atoms with E-state index in [0.717, 1.165) is 6.07 Å². The quantitative estimate of drug-likeness (QED) is 0.720. The van der Waals surface area contributed by atoms with Gasteiger partial charge in [0.2, 0.25) is 5.43 Å². The largest absolute Gasteiger partial charge is 0.462 e. The average Bonchev–Trinajstić information content (AvgIpc) is 3.11. The van der Waals surface area contributed by atoms with Gasteiger partial charge in [-0.2, -0.15) is 0 Å². The van der Waals surface area contributed by atoms with Crippen LogP contribution < -0.4 is 5.43 Å². The molecule has 25 heavy (non-hydrogen) atoms. The first kappa shape index (κ1) is 16.9. The van der Waals surface area contributed by atoms with Crippen molar-refractivity contribution in [2.75, 3.05) is 13.2 Å². The maximum Gasteiger partial charge on any atom is 0.343 e. The van der Waals surface area contributed by atoms with Crippen molar-refractivity contribution in [3.8, 4) is 5.69 Å². The first-order valence-corrected chi connectivity index (χ1v) is 7.84. The number of halogens is 1. The van der Waals surface area contributed by atoms with Crippen LogP contribution in [0.15, 0.2) is 47.7 Å². The van der Waals surface area contributed by atoms with Crippen LogP contribution in [-0.2, 0) is 11.3 Å². The highest BCUT2D eigenvalue weighted by Crippen LogP contribution is 2.21. The number of hydrogen-bond acceptors (Lipinski definition) is 4. The van der Waals surface area contributed by atoms with Crippen molar-refractivity contribution < 1.29 is 19.0 Å². The van der Waals surface area contributed by atoms with Crippen LogP contribution in [0.1, 0.15) is 17.3 Å². The lowest BCUT2D eigenvalue weighted by Crippen LogP contribution is -2.22. The van der Waals surface area contributed by atoms with Gasteiger partial charge in [-0.1, -0.05) is 0 Å². The van der Waals surface area contributed by atoms with E-state index in [0.29, 0.717) is 5.52 Å². The Kier molecular flexibility index (Phi) is 4.67. The van der Waals surface area contributed by atoms with Crippen molar-refractivity contribution in [3.63, 3.8) is 0 Å². The van der Waals surface area contributed by atoms with E-state index in [1.807, 2.05) is 0 Å². The normalized spacial score (nSPS) is 11.0. The Hall–Kier alpha value is -2.93. The highest BCUT2D eigenvalue weighted by atomic mass is 19.1. The highest BCUT2D eigenvalue weighted by molar-refractivity contribution is 5.94. The molecule has 1 N–H and O–H groups in total. The summed E-state index contributed by atoms with van der Waals surface area (Å²) in [4.78, 5) is 24.6. The first-order chi connectivity index (χ1) is 12.1. The Labute approximate surface area is 142 Å². The van der Waals surface area contributed by atoms with Gasteiger partial charge in [0.15, 0.2) is 0 Å². The standard InChI is InChI=1S/C18H17FN2O4/c1-2-25-18(24)13-11-21(7-8-22)15-10-16(20-5-3-4-6-20)14(19)9-12(15)17(13)23/h3-6,9-11,22H,2,7-8H2,1H3. The molecule has 2 aromatic heterocycles. The number of aliphatic hydroxyl groups excluding tert-OH is 1. The van der Waals surface area contributed by atoms with Gasteiger partial charge in [-0.3, -0.25) is 4.79 Å². The molecule has 3 rings (SSSR count). The molecule has 1 aromatic carbocycles. The second kappa shape index (κ2) is 6.90. The highest BCUT2D eigenvalue weighted by Gasteiger charge is 2.18. The van der Waals surface area contributed by atoms with Crippen molar-refractivity contribution >= 4 is 16.9 Å². The third kappa shape index (κ3) is 3.06.